The predicted molar refractivity (Wildman–Crippen MR) is 124 cm³/mol. The number of aromatic amines is 1. The maximum atomic E-state index is 14.3. The van der Waals surface area contributed by atoms with Gasteiger partial charge in [-0.15, -0.1) is 0 Å². The number of nitrogens with one attached hydrogen (secondary N) is 2. The zero-order valence-electron chi connectivity index (χ0n) is 18.4. The highest BCUT2D eigenvalue weighted by Gasteiger charge is 2.36. The Morgan fingerprint density at radius 2 is 2.03 bits per heavy atom. The lowest BCUT2D eigenvalue weighted by atomic mass is 9.82. The van der Waals surface area contributed by atoms with Gasteiger partial charge < -0.3 is 15.2 Å². The van der Waals surface area contributed by atoms with Gasteiger partial charge in [0.2, 0.25) is 5.95 Å². The van der Waals surface area contributed by atoms with Crippen molar-refractivity contribution in [1.82, 2.24) is 29.5 Å². The highest BCUT2D eigenvalue weighted by atomic mass is 19.1. The van der Waals surface area contributed by atoms with Crippen LogP contribution in [0.25, 0.3) is 27.7 Å². The van der Waals surface area contributed by atoms with E-state index < -0.39 is 5.67 Å². The Balaban J connectivity index is 1.30. The molecule has 1 saturated carbocycles. The molecule has 1 aliphatic carbocycles. The van der Waals surface area contributed by atoms with Gasteiger partial charge in [-0.1, -0.05) is 0 Å². The van der Waals surface area contributed by atoms with Gasteiger partial charge in [-0.3, -0.25) is 4.79 Å². The van der Waals surface area contributed by atoms with Crippen molar-refractivity contribution in [1.29, 1.82) is 0 Å². The molecule has 2 aliphatic rings. The molecule has 1 amide bonds. The molecule has 0 bridgehead atoms. The zero-order valence-corrected chi connectivity index (χ0v) is 18.4. The van der Waals surface area contributed by atoms with Crippen molar-refractivity contribution < 1.29 is 9.18 Å². The smallest absolute Gasteiger partial charge is 0.257 e. The summed E-state index contributed by atoms with van der Waals surface area (Å²) in [6, 6.07) is 3.95. The Hall–Kier alpha value is -3.49. The number of anilines is 1. The summed E-state index contributed by atoms with van der Waals surface area (Å²) in [4.78, 5) is 27.1. The van der Waals surface area contributed by atoms with Crippen LogP contribution in [0.5, 0.6) is 0 Å². The minimum Gasteiger partial charge on any atom is -0.351 e. The van der Waals surface area contributed by atoms with Crippen LogP contribution in [0.2, 0.25) is 0 Å². The third-order valence-corrected chi connectivity index (χ3v) is 6.95. The molecule has 0 unspecified atom stereocenters. The molecule has 1 saturated heterocycles. The Bertz CT molecular complexity index is 1330. The van der Waals surface area contributed by atoms with Crippen molar-refractivity contribution in [3.63, 3.8) is 0 Å². The maximum Gasteiger partial charge on any atom is 0.257 e. The second-order valence-electron chi connectivity index (χ2n) is 9.17. The third-order valence-electron chi connectivity index (χ3n) is 6.95. The Labute approximate surface area is 190 Å². The average molecular weight is 448 g/mol. The molecule has 0 aromatic carbocycles. The molecule has 1 aliphatic heterocycles. The van der Waals surface area contributed by atoms with Gasteiger partial charge in [-0.2, -0.15) is 10.1 Å². The number of rotatable bonds is 5. The van der Waals surface area contributed by atoms with E-state index >= 15 is 0 Å². The van der Waals surface area contributed by atoms with Crippen LogP contribution >= 0.6 is 0 Å². The normalized spacial score (nSPS) is 17.9. The first-order valence-corrected chi connectivity index (χ1v) is 11.6. The molecular weight excluding hydrogens is 421 g/mol. The molecule has 4 aromatic rings. The number of fused-ring (bicyclic) bond motifs is 2. The van der Waals surface area contributed by atoms with Crippen molar-refractivity contribution >= 4 is 28.4 Å². The molecule has 170 valence electrons. The van der Waals surface area contributed by atoms with Crippen molar-refractivity contribution in [2.45, 2.75) is 44.2 Å². The van der Waals surface area contributed by atoms with Crippen molar-refractivity contribution in [3.05, 3.63) is 42.5 Å². The van der Waals surface area contributed by atoms with Gasteiger partial charge in [0.1, 0.15) is 11.3 Å². The number of carbonyl (C=O) groups is 1. The number of hydrogen-bond acceptors (Lipinski definition) is 5. The van der Waals surface area contributed by atoms with Gasteiger partial charge in [0, 0.05) is 42.6 Å². The molecule has 6 rings (SSSR count). The monoisotopic (exact) mass is 447 g/mol. The van der Waals surface area contributed by atoms with Crippen molar-refractivity contribution in [3.8, 4) is 11.1 Å². The summed E-state index contributed by atoms with van der Waals surface area (Å²) < 4.78 is 16.0. The summed E-state index contributed by atoms with van der Waals surface area (Å²) in [6.07, 6.45) is 12.6. The molecule has 0 radical (unpaired) electrons. The molecule has 2 N–H and O–H groups in total. The highest BCUT2D eigenvalue weighted by molar-refractivity contribution is 6.02. The number of halogens is 1. The van der Waals surface area contributed by atoms with Gasteiger partial charge in [0.25, 0.3) is 5.91 Å². The summed E-state index contributed by atoms with van der Waals surface area (Å²) in [7, 11) is 0. The van der Waals surface area contributed by atoms with Crippen LogP contribution in [-0.4, -0.2) is 60.7 Å². The minimum atomic E-state index is -1.14. The standard InChI is InChI=1S/C24H26FN7O/c25-24(6-4-7-24)15-28-23-27-13-18-17(12-26-21(18)30-23)16-5-10-32-20(11-16)19(14-29-32)22(33)31-8-2-1-3-9-31/h5,10-14H,1-4,6-9,15H2,(H2,26,27,28,30). The second-order valence-corrected chi connectivity index (χ2v) is 9.17. The number of H-pyrrole nitrogens is 1. The van der Waals surface area contributed by atoms with Gasteiger partial charge in [-0.25, -0.2) is 13.9 Å². The molecular formula is C24H26FN7O. The van der Waals surface area contributed by atoms with Crippen LogP contribution in [0.4, 0.5) is 10.3 Å². The quantitative estimate of drug-likeness (QED) is 0.478. The maximum absolute atomic E-state index is 14.3. The number of pyridine rings is 1. The lowest BCUT2D eigenvalue weighted by molar-refractivity contribution is 0.0726. The summed E-state index contributed by atoms with van der Waals surface area (Å²) >= 11 is 0. The number of nitrogens with zero attached hydrogens (tertiary/aromatic N) is 5. The zero-order chi connectivity index (χ0) is 22.4. The first-order valence-electron chi connectivity index (χ1n) is 11.6. The summed E-state index contributed by atoms with van der Waals surface area (Å²) in [6.45, 7) is 1.84. The molecule has 8 nitrogen and oxygen atoms in total. The van der Waals surface area contributed by atoms with E-state index in [2.05, 4.69) is 25.4 Å². The van der Waals surface area contributed by atoms with Gasteiger partial charge >= 0.3 is 0 Å². The fourth-order valence-electron chi connectivity index (χ4n) is 4.79. The summed E-state index contributed by atoms with van der Waals surface area (Å²) in [5.41, 5.74) is 2.84. The number of hydrogen-bond donors (Lipinski definition) is 2. The van der Waals surface area contributed by atoms with Crippen molar-refractivity contribution in [2.75, 3.05) is 25.0 Å². The lowest BCUT2D eigenvalue weighted by Crippen LogP contribution is -2.39. The highest BCUT2D eigenvalue weighted by Crippen LogP contribution is 2.36. The molecule has 4 aromatic heterocycles. The number of aromatic nitrogens is 5. The molecule has 33 heavy (non-hydrogen) atoms. The third kappa shape index (κ3) is 3.61. The van der Waals surface area contributed by atoms with Crippen molar-refractivity contribution in [2.24, 2.45) is 0 Å². The van der Waals surface area contributed by atoms with E-state index in [0.717, 1.165) is 54.4 Å². The molecule has 9 heteroatoms. The second kappa shape index (κ2) is 7.83. The Kier molecular flexibility index (Phi) is 4.78. The summed E-state index contributed by atoms with van der Waals surface area (Å²) in [5, 5.41) is 8.28. The van der Waals surface area contributed by atoms with Crippen LogP contribution in [0.3, 0.4) is 0 Å². The number of amides is 1. The molecule has 0 atom stereocenters. The van der Waals surface area contributed by atoms with E-state index in [4.69, 9.17) is 0 Å². The molecule has 2 fully saturated rings. The largest absolute Gasteiger partial charge is 0.351 e. The van der Waals surface area contributed by atoms with Gasteiger partial charge in [0.05, 0.1) is 23.8 Å². The number of likely N-dealkylation sites (tertiary alicyclic amines) is 1. The van der Waals surface area contributed by atoms with Gasteiger partial charge in [-0.05, 0) is 56.2 Å². The van der Waals surface area contributed by atoms with E-state index in [1.165, 1.54) is 6.42 Å². The minimum absolute atomic E-state index is 0.0388. The fourth-order valence-corrected chi connectivity index (χ4v) is 4.79. The SMILES string of the molecule is O=C(c1cnn2ccc(-c3c[nH]c4nc(NCC5(F)CCC5)ncc34)cc12)N1CCCCC1. The lowest BCUT2D eigenvalue weighted by Gasteiger charge is -2.33. The Morgan fingerprint density at radius 1 is 1.18 bits per heavy atom. The van der Waals surface area contributed by atoms with Crippen LogP contribution in [0.1, 0.15) is 48.9 Å². The first-order chi connectivity index (χ1) is 16.1. The van der Waals surface area contributed by atoms with E-state index in [9.17, 15) is 9.18 Å². The van der Waals surface area contributed by atoms with Crippen LogP contribution < -0.4 is 5.32 Å². The number of carbonyl (C=O) groups excluding carboxylic acids is 1. The van der Waals surface area contributed by atoms with E-state index in [1.807, 2.05) is 29.4 Å². The number of alkyl halides is 1. The van der Waals surface area contributed by atoms with E-state index in [0.29, 0.717) is 30.0 Å². The number of piperidine rings is 1. The predicted octanol–water partition coefficient (Wildman–Crippen LogP) is 4.20. The van der Waals surface area contributed by atoms with Crippen LogP contribution in [0.15, 0.2) is 36.9 Å². The van der Waals surface area contributed by atoms with Gasteiger partial charge in [0.15, 0.2) is 0 Å². The summed E-state index contributed by atoms with van der Waals surface area (Å²) in [5.74, 6) is 0.456. The fraction of sp³-hybridized carbons (Fsp3) is 0.417. The first kappa shape index (κ1) is 20.1. The molecule has 5 heterocycles. The van der Waals surface area contributed by atoms with Crippen LogP contribution in [0, 0.1) is 0 Å². The van der Waals surface area contributed by atoms with Crippen LogP contribution in [-0.2, 0) is 0 Å². The van der Waals surface area contributed by atoms with E-state index in [-0.39, 0.29) is 12.5 Å². The van der Waals surface area contributed by atoms with E-state index in [1.54, 1.807) is 16.9 Å². The average Bonchev–Trinajstić information content (AvgIpc) is 3.45. The Morgan fingerprint density at radius 3 is 2.82 bits per heavy atom. The topological polar surface area (TPSA) is 91.2 Å². The molecule has 0 spiro atoms.